The summed E-state index contributed by atoms with van der Waals surface area (Å²) in [6, 6.07) is 25.7. The van der Waals surface area contributed by atoms with Crippen molar-refractivity contribution in [2.24, 2.45) is 5.92 Å². The molecule has 6 rings (SSSR count). The van der Waals surface area contributed by atoms with Gasteiger partial charge >= 0.3 is 0 Å². The second-order valence-corrected chi connectivity index (χ2v) is 14.2. The minimum absolute atomic E-state index is 0.00125. The molecule has 0 radical (unpaired) electrons. The number of sulfone groups is 1. The van der Waals surface area contributed by atoms with Crippen LogP contribution >= 0.6 is 0 Å². The number of benzene rings is 4. The van der Waals surface area contributed by atoms with Crippen LogP contribution in [0, 0.1) is 12.8 Å². The molecule has 0 saturated heterocycles. The molecule has 1 aliphatic rings. The highest BCUT2D eigenvalue weighted by Crippen LogP contribution is 2.34. The minimum Gasteiger partial charge on any atom is -0.491 e. The van der Waals surface area contributed by atoms with E-state index in [0.29, 0.717) is 39.4 Å². The van der Waals surface area contributed by atoms with Gasteiger partial charge in [0.25, 0.3) is 0 Å². The molecule has 0 aliphatic heterocycles. The molecule has 4 aromatic carbocycles. The molecule has 9 heteroatoms. The van der Waals surface area contributed by atoms with Gasteiger partial charge in [0.05, 0.1) is 34.4 Å². The highest BCUT2D eigenvalue weighted by atomic mass is 32.2. The van der Waals surface area contributed by atoms with Gasteiger partial charge in [-0.1, -0.05) is 79.2 Å². The SMILES string of the molecule is Cc1ccc(S(=O)COCCOc2ccc3c(c2)c(S(=O)(=O)c2cccc4ccccc24)nn3CC2=CC=CCC2C)cc1. The van der Waals surface area contributed by atoms with Gasteiger partial charge in [0, 0.05) is 15.7 Å². The summed E-state index contributed by atoms with van der Waals surface area (Å²) in [6.45, 7) is 5.08. The van der Waals surface area contributed by atoms with E-state index in [2.05, 4.69) is 19.1 Å². The molecule has 7 nitrogen and oxygen atoms in total. The molecule has 0 N–H and O–H groups in total. The number of aromatic nitrogens is 2. The lowest BCUT2D eigenvalue weighted by atomic mass is 9.93. The van der Waals surface area contributed by atoms with Crippen molar-refractivity contribution in [3.8, 4) is 5.75 Å². The molecule has 5 aromatic rings. The monoisotopic (exact) mass is 626 g/mol. The topological polar surface area (TPSA) is 87.5 Å². The summed E-state index contributed by atoms with van der Waals surface area (Å²) in [7, 11) is -5.26. The molecule has 2 unspecified atom stereocenters. The molecular weight excluding hydrogens is 593 g/mol. The van der Waals surface area contributed by atoms with E-state index in [0.717, 1.165) is 17.4 Å². The molecule has 0 bridgehead atoms. The van der Waals surface area contributed by atoms with Gasteiger partial charge in [0.15, 0.2) is 5.03 Å². The molecule has 0 saturated carbocycles. The summed E-state index contributed by atoms with van der Waals surface area (Å²) < 4.78 is 54.4. The molecule has 2 atom stereocenters. The first-order valence-corrected chi connectivity index (χ1v) is 17.4. The van der Waals surface area contributed by atoms with Crippen molar-refractivity contribution in [2.75, 3.05) is 19.2 Å². The lowest BCUT2D eigenvalue weighted by Crippen LogP contribution is -2.11. The number of allylic oxidation sites excluding steroid dienone is 4. The zero-order valence-corrected chi connectivity index (χ0v) is 26.3. The van der Waals surface area contributed by atoms with Crippen molar-refractivity contribution in [1.29, 1.82) is 0 Å². The standard InChI is InChI=1S/C35H34N2O5S2/c1-25-14-17-30(18-15-25)43(38)24-41-20-21-42-29-16-19-33-32(22-29)35(36-37(33)23-28-10-4-3-8-26(28)2)44(39,40)34-13-7-11-27-9-5-6-12-31(27)34/h3-7,9-19,22,26H,8,20-21,23-24H2,1-2H3. The first kappa shape index (κ1) is 30.0. The highest BCUT2D eigenvalue weighted by Gasteiger charge is 2.28. The predicted molar refractivity (Wildman–Crippen MR) is 174 cm³/mol. The lowest BCUT2D eigenvalue weighted by molar-refractivity contribution is 0.133. The van der Waals surface area contributed by atoms with Crippen LogP contribution in [0.5, 0.6) is 5.75 Å². The summed E-state index contributed by atoms with van der Waals surface area (Å²) in [5.41, 5.74) is 3.00. The number of aryl methyl sites for hydroxylation is 1. The van der Waals surface area contributed by atoms with Crippen molar-refractivity contribution in [2.45, 2.75) is 41.6 Å². The third kappa shape index (κ3) is 6.26. The number of rotatable bonds is 11. The van der Waals surface area contributed by atoms with Crippen LogP contribution in [-0.4, -0.2) is 41.6 Å². The van der Waals surface area contributed by atoms with Crippen molar-refractivity contribution < 1.29 is 22.1 Å². The maximum atomic E-state index is 14.3. The zero-order valence-electron chi connectivity index (χ0n) is 24.7. The Labute approximate surface area is 260 Å². The lowest BCUT2D eigenvalue weighted by Gasteiger charge is -2.17. The van der Waals surface area contributed by atoms with E-state index >= 15 is 0 Å². The van der Waals surface area contributed by atoms with E-state index in [1.807, 2.05) is 79.7 Å². The summed E-state index contributed by atoms with van der Waals surface area (Å²) in [4.78, 5) is 0.935. The molecule has 0 amide bonds. The molecule has 0 spiro atoms. The largest absolute Gasteiger partial charge is 0.491 e. The molecule has 0 fully saturated rings. The van der Waals surface area contributed by atoms with Gasteiger partial charge < -0.3 is 9.47 Å². The zero-order chi connectivity index (χ0) is 30.7. The minimum atomic E-state index is -3.99. The van der Waals surface area contributed by atoms with Crippen LogP contribution in [0.15, 0.2) is 124 Å². The van der Waals surface area contributed by atoms with E-state index in [4.69, 9.17) is 14.6 Å². The summed E-state index contributed by atoms with van der Waals surface area (Å²) >= 11 is 0. The first-order chi connectivity index (χ1) is 21.3. The fourth-order valence-electron chi connectivity index (χ4n) is 5.35. The van der Waals surface area contributed by atoms with Crippen molar-refractivity contribution in [1.82, 2.24) is 9.78 Å². The molecule has 1 aromatic heterocycles. The van der Waals surface area contributed by atoms with Gasteiger partial charge in [-0.3, -0.25) is 8.89 Å². The molecular formula is C35H34N2O5S2. The molecule has 226 valence electrons. The number of nitrogens with zero attached hydrogens (tertiary/aromatic N) is 2. The quantitative estimate of drug-likeness (QED) is 0.147. The van der Waals surface area contributed by atoms with E-state index in [1.165, 1.54) is 5.57 Å². The van der Waals surface area contributed by atoms with Crippen molar-refractivity contribution >= 4 is 42.3 Å². The Morgan fingerprint density at radius 3 is 2.57 bits per heavy atom. The number of ether oxygens (including phenoxy) is 2. The van der Waals surface area contributed by atoms with Crippen LogP contribution in [0.2, 0.25) is 0 Å². The smallest absolute Gasteiger partial charge is 0.226 e. The molecule has 1 heterocycles. The Morgan fingerprint density at radius 2 is 1.75 bits per heavy atom. The van der Waals surface area contributed by atoms with Crippen molar-refractivity contribution in [3.05, 3.63) is 114 Å². The average Bonchev–Trinajstić information content (AvgIpc) is 3.40. The second kappa shape index (κ2) is 12.9. The van der Waals surface area contributed by atoms with Crippen LogP contribution in [-0.2, 0) is 31.9 Å². The maximum Gasteiger partial charge on any atom is 0.226 e. The van der Waals surface area contributed by atoms with Gasteiger partial charge in [0.2, 0.25) is 9.84 Å². The Hall–Kier alpha value is -4.05. The highest BCUT2D eigenvalue weighted by molar-refractivity contribution is 7.91. The third-order valence-electron chi connectivity index (χ3n) is 7.85. The Balaban J connectivity index is 1.27. The summed E-state index contributed by atoms with van der Waals surface area (Å²) in [5.74, 6) is 0.901. The van der Waals surface area contributed by atoms with Crippen LogP contribution in [0.1, 0.15) is 18.9 Å². The number of hydrogen-bond donors (Lipinski definition) is 0. The predicted octanol–water partition coefficient (Wildman–Crippen LogP) is 7.01. The Bertz CT molecular complexity index is 2010. The van der Waals surface area contributed by atoms with Gasteiger partial charge in [-0.2, -0.15) is 5.10 Å². The third-order valence-corrected chi connectivity index (χ3v) is 10.8. The van der Waals surface area contributed by atoms with Gasteiger partial charge in [-0.25, -0.2) is 8.42 Å². The Morgan fingerprint density at radius 1 is 0.955 bits per heavy atom. The number of fused-ring (bicyclic) bond motifs is 2. The van der Waals surface area contributed by atoms with E-state index in [-0.39, 0.29) is 29.1 Å². The molecule has 1 aliphatic carbocycles. The van der Waals surface area contributed by atoms with E-state index < -0.39 is 20.6 Å². The molecule has 44 heavy (non-hydrogen) atoms. The Kier molecular flexibility index (Phi) is 8.79. The van der Waals surface area contributed by atoms with Crippen LogP contribution in [0.4, 0.5) is 0 Å². The normalized spacial score (nSPS) is 15.9. The van der Waals surface area contributed by atoms with Crippen molar-refractivity contribution in [3.63, 3.8) is 0 Å². The second-order valence-electron chi connectivity index (χ2n) is 11.0. The fraction of sp³-hybridized carbons (Fsp3) is 0.229. The summed E-state index contributed by atoms with van der Waals surface area (Å²) in [6.07, 6.45) is 7.20. The number of hydrogen-bond acceptors (Lipinski definition) is 6. The maximum absolute atomic E-state index is 14.3. The van der Waals surface area contributed by atoms with Gasteiger partial charge in [0.1, 0.15) is 18.3 Å². The fourth-order valence-corrected chi connectivity index (χ4v) is 7.80. The van der Waals surface area contributed by atoms with Crippen LogP contribution < -0.4 is 4.74 Å². The summed E-state index contributed by atoms with van der Waals surface area (Å²) in [5, 5.41) is 6.72. The average molecular weight is 627 g/mol. The van der Waals surface area contributed by atoms with Gasteiger partial charge in [-0.15, -0.1) is 0 Å². The van der Waals surface area contributed by atoms with Gasteiger partial charge in [-0.05, 0) is 66.6 Å². The first-order valence-electron chi connectivity index (χ1n) is 14.6. The van der Waals surface area contributed by atoms with Crippen LogP contribution in [0.3, 0.4) is 0 Å². The van der Waals surface area contributed by atoms with Crippen LogP contribution in [0.25, 0.3) is 21.7 Å². The van der Waals surface area contributed by atoms with E-state index in [1.54, 1.807) is 22.9 Å². The van der Waals surface area contributed by atoms with E-state index in [9.17, 15) is 12.6 Å².